The predicted octanol–water partition coefficient (Wildman–Crippen LogP) is 4.07. The van der Waals surface area contributed by atoms with Crippen LogP contribution >= 0.6 is 0 Å². The fourth-order valence-corrected chi connectivity index (χ4v) is 4.35. The van der Waals surface area contributed by atoms with Crippen molar-refractivity contribution >= 4 is 11.7 Å². The van der Waals surface area contributed by atoms with Crippen LogP contribution in [0.1, 0.15) is 57.5 Å². The van der Waals surface area contributed by atoms with Crippen molar-refractivity contribution in [3.8, 4) is 0 Å². The predicted molar refractivity (Wildman–Crippen MR) is 113 cm³/mol. The second-order valence-corrected chi connectivity index (χ2v) is 8.09. The zero-order valence-corrected chi connectivity index (χ0v) is 22.2. The van der Waals surface area contributed by atoms with Gasteiger partial charge in [-0.3, -0.25) is 14.6 Å². The average molecular weight is 618 g/mol. The molecule has 3 heterocycles. The second kappa shape index (κ2) is 11.5. The van der Waals surface area contributed by atoms with E-state index in [1.54, 1.807) is 18.5 Å². The number of Topliss-reactive ketones (excluding diaryl/α,β-unsaturated/α-hetero) is 1. The van der Waals surface area contributed by atoms with Gasteiger partial charge in [0, 0.05) is 81.5 Å². The minimum atomic E-state index is 0. The Hall–Kier alpha value is -1.09. The molecule has 1 aromatic heterocycles. The monoisotopic (exact) mass is 617 g/mol. The SMILES string of the molecule is O=C(CCC1CC[N-]CC1)c1ccc2c(c1)CCN(C(=O)c1cccnc1)CC2.[Ac]. The van der Waals surface area contributed by atoms with Crippen LogP contribution in [-0.2, 0) is 12.8 Å². The van der Waals surface area contributed by atoms with Crippen molar-refractivity contribution in [2.75, 3.05) is 26.2 Å². The Kier molecular flexibility index (Phi) is 9.04. The van der Waals surface area contributed by atoms with Crippen molar-refractivity contribution in [1.29, 1.82) is 0 Å². The van der Waals surface area contributed by atoms with Crippen LogP contribution in [0, 0.1) is 50.0 Å². The van der Waals surface area contributed by atoms with Crippen LogP contribution in [0.15, 0.2) is 42.7 Å². The Morgan fingerprint density at radius 3 is 2.53 bits per heavy atom. The number of rotatable bonds is 5. The maximum Gasteiger partial charge on any atom is 0.255 e. The zero-order valence-electron chi connectivity index (χ0n) is 17.4. The van der Waals surface area contributed by atoms with E-state index in [9.17, 15) is 9.59 Å². The molecule has 0 atom stereocenters. The molecule has 0 N–H and O–H groups in total. The van der Waals surface area contributed by atoms with Crippen molar-refractivity contribution in [1.82, 2.24) is 9.88 Å². The summed E-state index contributed by atoms with van der Waals surface area (Å²) in [4.78, 5) is 31.4. The number of amides is 1. The molecule has 1 aromatic carbocycles. The Bertz CT molecular complexity index is 866. The first-order chi connectivity index (χ1) is 14.2. The van der Waals surface area contributed by atoms with Gasteiger partial charge in [0.1, 0.15) is 0 Å². The van der Waals surface area contributed by atoms with Crippen molar-refractivity contribution in [2.24, 2.45) is 5.92 Å². The van der Waals surface area contributed by atoms with Gasteiger partial charge in [-0.25, -0.2) is 0 Å². The summed E-state index contributed by atoms with van der Waals surface area (Å²) < 4.78 is 0. The van der Waals surface area contributed by atoms with Crippen LogP contribution in [0.5, 0.6) is 0 Å². The van der Waals surface area contributed by atoms with Gasteiger partial charge in [0.25, 0.3) is 5.91 Å². The van der Waals surface area contributed by atoms with Gasteiger partial charge < -0.3 is 10.2 Å². The normalized spacial score (nSPS) is 16.9. The van der Waals surface area contributed by atoms with Gasteiger partial charge in [0.15, 0.2) is 5.78 Å². The molecule has 1 saturated heterocycles. The van der Waals surface area contributed by atoms with Crippen LogP contribution in [0.2, 0.25) is 0 Å². The Labute approximate surface area is 214 Å². The summed E-state index contributed by atoms with van der Waals surface area (Å²) >= 11 is 0. The van der Waals surface area contributed by atoms with E-state index in [-0.39, 0.29) is 55.8 Å². The van der Waals surface area contributed by atoms with Crippen molar-refractivity contribution in [2.45, 2.75) is 38.5 Å². The average Bonchev–Trinajstić information content (AvgIpc) is 3.00. The summed E-state index contributed by atoms with van der Waals surface area (Å²) in [5.74, 6) is 0.911. The van der Waals surface area contributed by atoms with Gasteiger partial charge in [0.05, 0.1) is 5.56 Å². The molecule has 2 aliphatic rings. The third-order valence-electron chi connectivity index (χ3n) is 6.20. The third-order valence-corrected chi connectivity index (χ3v) is 6.20. The molecule has 30 heavy (non-hydrogen) atoms. The summed E-state index contributed by atoms with van der Waals surface area (Å²) in [6.45, 7) is 3.27. The summed E-state index contributed by atoms with van der Waals surface area (Å²) in [6.07, 6.45) is 8.74. The van der Waals surface area contributed by atoms with Gasteiger partial charge in [-0.15, -0.1) is 13.1 Å². The quantitative estimate of drug-likeness (QED) is 0.476. The van der Waals surface area contributed by atoms with E-state index in [2.05, 4.69) is 22.4 Å². The molecular formula is C24H28AcN3O2-. The van der Waals surface area contributed by atoms with Crippen LogP contribution in [-0.4, -0.2) is 47.8 Å². The number of nitrogens with zero attached hydrogens (tertiary/aromatic N) is 3. The molecule has 4 rings (SSSR count). The number of carbonyl (C=O) groups is 2. The maximum absolute atomic E-state index is 12.7. The molecule has 2 aliphatic heterocycles. The van der Waals surface area contributed by atoms with Crippen molar-refractivity contribution in [3.05, 3.63) is 70.3 Å². The number of piperidine rings is 1. The van der Waals surface area contributed by atoms with Gasteiger partial charge in [-0.2, -0.15) is 0 Å². The molecule has 0 bridgehead atoms. The van der Waals surface area contributed by atoms with Crippen LogP contribution in [0.4, 0.5) is 0 Å². The van der Waals surface area contributed by atoms with Crippen LogP contribution in [0.25, 0.3) is 5.32 Å². The first-order valence-corrected chi connectivity index (χ1v) is 10.7. The molecule has 1 radical (unpaired) electrons. The van der Waals surface area contributed by atoms with Gasteiger partial charge in [-0.1, -0.05) is 25.0 Å². The number of pyridine rings is 1. The fraction of sp³-hybridized carbons (Fsp3) is 0.458. The first kappa shape index (κ1) is 23.6. The Balaban J connectivity index is 0.00000256. The zero-order chi connectivity index (χ0) is 20.1. The molecule has 2 aromatic rings. The van der Waals surface area contributed by atoms with E-state index in [0.29, 0.717) is 31.0 Å². The number of benzene rings is 1. The summed E-state index contributed by atoms with van der Waals surface area (Å²) in [5, 5.41) is 4.39. The topological polar surface area (TPSA) is 64.4 Å². The second-order valence-electron chi connectivity index (χ2n) is 8.09. The summed E-state index contributed by atoms with van der Waals surface area (Å²) in [7, 11) is 0. The van der Waals surface area contributed by atoms with E-state index >= 15 is 0 Å². The van der Waals surface area contributed by atoms with Crippen molar-refractivity contribution in [3.63, 3.8) is 0 Å². The minimum Gasteiger partial charge on any atom is -0.662 e. The van der Waals surface area contributed by atoms with Crippen LogP contribution < -0.4 is 0 Å². The smallest absolute Gasteiger partial charge is 0.255 e. The fourth-order valence-electron chi connectivity index (χ4n) is 4.35. The number of carbonyl (C=O) groups excluding carboxylic acids is 2. The molecule has 0 saturated carbocycles. The molecule has 0 spiro atoms. The summed E-state index contributed by atoms with van der Waals surface area (Å²) in [6, 6.07) is 9.71. The molecule has 0 unspecified atom stereocenters. The van der Waals surface area contributed by atoms with Gasteiger partial charge in [-0.05, 0) is 54.5 Å². The Morgan fingerprint density at radius 1 is 1.03 bits per heavy atom. The number of hydrogen-bond acceptors (Lipinski definition) is 3. The molecule has 0 aliphatic carbocycles. The molecule has 1 amide bonds. The van der Waals surface area contributed by atoms with E-state index in [1.807, 2.05) is 17.0 Å². The third kappa shape index (κ3) is 5.99. The minimum absolute atomic E-state index is 0. The number of aromatic nitrogens is 1. The summed E-state index contributed by atoms with van der Waals surface area (Å²) in [5.41, 5.74) is 3.90. The van der Waals surface area contributed by atoms with E-state index in [4.69, 9.17) is 0 Å². The number of ketones is 1. The molecule has 5 nitrogen and oxygen atoms in total. The molecule has 155 valence electrons. The molecule has 1 fully saturated rings. The number of hydrogen-bond donors (Lipinski definition) is 0. The van der Waals surface area contributed by atoms with Crippen LogP contribution in [0.3, 0.4) is 0 Å². The number of fused-ring (bicyclic) bond motifs is 1. The van der Waals surface area contributed by atoms with Crippen molar-refractivity contribution < 1.29 is 53.7 Å². The van der Waals surface area contributed by atoms with E-state index in [0.717, 1.165) is 50.8 Å². The van der Waals surface area contributed by atoms with E-state index < -0.39 is 0 Å². The van der Waals surface area contributed by atoms with E-state index in [1.165, 1.54) is 11.1 Å². The molecule has 6 heteroatoms. The van der Waals surface area contributed by atoms with Gasteiger partial charge >= 0.3 is 0 Å². The Morgan fingerprint density at radius 2 is 1.80 bits per heavy atom. The first-order valence-electron chi connectivity index (χ1n) is 10.7. The van der Waals surface area contributed by atoms with Gasteiger partial charge in [0.2, 0.25) is 0 Å². The largest absolute Gasteiger partial charge is 0.662 e. The maximum atomic E-state index is 12.7. The molecular weight excluding hydrogens is 589 g/mol. The standard InChI is InChI=1S/C24H28N3O2.Ac/c28-23(6-3-18-7-12-25-13-8-18)21-5-4-19-9-14-27(15-10-20(19)16-21)24(29)22-2-1-11-26-17-22;/h1-2,4-5,11,16-18H,3,6-10,12-15H2;/q-1;.